The summed E-state index contributed by atoms with van der Waals surface area (Å²) in [7, 11) is 0. The SMILES string of the molecule is CC(c1cn[nH]c1)n1cc(C(=O)NC2CCNCC2F)c2c(F)ccc(F)c21. The Bertz CT molecular complexity index is 1000. The second-order valence-electron chi connectivity index (χ2n) is 7.00. The number of alkyl halides is 1. The zero-order chi connectivity index (χ0) is 19.8. The lowest BCUT2D eigenvalue weighted by Gasteiger charge is -2.27. The van der Waals surface area contributed by atoms with Crippen molar-refractivity contribution in [3.05, 3.63) is 53.5 Å². The minimum Gasteiger partial charge on any atom is -0.346 e. The predicted molar refractivity (Wildman–Crippen MR) is 97.9 cm³/mol. The largest absolute Gasteiger partial charge is 0.346 e. The van der Waals surface area contributed by atoms with E-state index in [0.717, 1.165) is 17.7 Å². The van der Waals surface area contributed by atoms with Crippen molar-refractivity contribution in [1.82, 2.24) is 25.4 Å². The Morgan fingerprint density at radius 2 is 2.14 bits per heavy atom. The molecule has 148 valence electrons. The van der Waals surface area contributed by atoms with Gasteiger partial charge in [-0.1, -0.05) is 0 Å². The number of amides is 1. The molecule has 1 aliphatic heterocycles. The third-order valence-corrected chi connectivity index (χ3v) is 5.26. The molecule has 28 heavy (non-hydrogen) atoms. The van der Waals surface area contributed by atoms with Gasteiger partial charge in [0.2, 0.25) is 0 Å². The Balaban J connectivity index is 1.78. The van der Waals surface area contributed by atoms with Gasteiger partial charge in [-0.25, -0.2) is 13.2 Å². The van der Waals surface area contributed by atoms with Gasteiger partial charge < -0.3 is 15.2 Å². The third-order valence-electron chi connectivity index (χ3n) is 5.26. The summed E-state index contributed by atoms with van der Waals surface area (Å²) in [5, 5.41) is 12.0. The number of hydrogen-bond acceptors (Lipinski definition) is 3. The van der Waals surface area contributed by atoms with Crippen LogP contribution in [0, 0.1) is 11.6 Å². The van der Waals surface area contributed by atoms with Crippen LogP contribution in [0.4, 0.5) is 13.2 Å². The zero-order valence-corrected chi connectivity index (χ0v) is 15.2. The molecule has 1 amide bonds. The van der Waals surface area contributed by atoms with E-state index in [2.05, 4.69) is 20.8 Å². The first kappa shape index (κ1) is 18.5. The smallest absolute Gasteiger partial charge is 0.253 e. The van der Waals surface area contributed by atoms with Crippen molar-refractivity contribution in [2.75, 3.05) is 13.1 Å². The van der Waals surface area contributed by atoms with Crippen LogP contribution < -0.4 is 10.6 Å². The van der Waals surface area contributed by atoms with E-state index in [1.54, 1.807) is 19.3 Å². The monoisotopic (exact) mass is 391 g/mol. The number of fused-ring (bicyclic) bond motifs is 1. The second kappa shape index (κ2) is 7.31. The lowest BCUT2D eigenvalue weighted by atomic mass is 10.0. The molecular weight excluding hydrogens is 371 g/mol. The fourth-order valence-electron chi connectivity index (χ4n) is 3.67. The summed E-state index contributed by atoms with van der Waals surface area (Å²) in [5.41, 5.74) is 0.712. The van der Waals surface area contributed by atoms with Crippen LogP contribution >= 0.6 is 0 Å². The number of carbonyl (C=O) groups is 1. The molecule has 3 aromatic rings. The van der Waals surface area contributed by atoms with Gasteiger partial charge in [0.05, 0.1) is 34.7 Å². The highest BCUT2D eigenvalue weighted by atomic mass is 19.1. The van der Waals surface area contributed by atoms with Crippen LogP contribution in [0.2, 0.25) is 0 Å². The van der Waals surface area contributed by atoms with Crippen LogP contribution in [0.25, 0.3) is 10.9 Å². The van der Waals surface area contributed by atoms with Crippen molar-refractivity contribution in [3.8, 4) is 0 Å². The van der Waals surface area contributed by atoms with Crippen molar-refractivity contribution in [1.29, 1.82) is 0 Å². The van der Waals surface area contributed by atoms with Crippen molar-refractivity contribution in [3.63, 3.8) is 0 Å². The van der Waals surface area contributed by atoms with E-state index in [1.807, 2.05) is 0 Å². The summed E-state index contributed by atoms with van der Waals surface area (Å²) in [5.74, 6) is -1.97. The molecule has 1 aromatic carbocycles. The molecule has 1 saturated heterocycles. The average molecular weight is 391 g/mol. The first-order valence-corrected chi connectivity index (χ1v) is 9.10. The average Bonchev–Trinajstić information content (AvgIpc) is 3.34. The Labute approximate surface area is 159 Å². The maximum absolute atomic E-state index is 14.6. The van der Waals surface area contributed by atoms with Gasteiger partial charge in [-0.3, -0.25) is 9.89 Å². The van der Waals surface area contributed by atoms with Crippen molar-refractivity contribution < 1.29 is 18.0 Å². The Kier molecular flexibility index (Phi) is 4.84. The summed E-state index contributed by atoms with van der Waals surface area (Å²) in [4.78, 5) is 12.8. The number of H-pyrrole nitrogens is 1. The second-order valence-corrected chi connectivity index (χ2v) is 7.00. The number of nitrogens with one attached hydrogen (secondary N) is 3. The van der Waals surface area contributed by atoms with E-state index in [4.69, 9.17) is 0 Å². The van der Waals surface area contributed by atoms with Gasteiger partial charge in [0, 0.05) is 24.5 Å². The van der Waals surface area contributed by atoms with Crippen molar-refractivity contribution in [2.45, 2.75) is 31.6 Å². The van der Waals surface area contributed by atoms with Crippen molar-refractivity contribution in [2.24, 2.45) is 0 Å². The summed E-state index contributed by atoms with van der Waals surface area (Å²) in [6, 6.07) is 0.952. The van der Waals surface area contributed by atoms with E-state index in [-0.39, 0.29) is 23.0 Å². The molecule has 0 radical (unpaired) electrons. The maximum Gasteiger partial charge on any atom is 0.253 e. The molecule has 2 aromatic heterocycles. The number of benzene rings is 1. The number of aromatic nitrogens is 3. The van der Waals surface area contributed by atoms with Crippen LogP contribution in [0.5, 0.6) is 0 Å². The first-order chi connectivity index (χ1) is 13.5. The summed E-state index contributed by atoms with van der Waals surface area (Å²) in [6.45, 7) is 2.52. The molecule has 0 saturated carbocycles. The number of carbonyl (C=O) groups excluding carboxylic acids is 1. The van der Waals surface area contributed by atoms with Gasteiger partial charge in [-0.15, -0.1) is 0 Å². The number of nitrogens with zero attached hydrogens (tertiary/aromatic N) is 2. The van der Waals surface area contributed by atoms with Gasteiger partial charge in [0.25, 0.3) is 5.91 Å². The lowest BCUT2D eigenvalue weighted by molar-refractivity contribution is 0.0893. The molecule has 3 unspecified atom stereocenters. The molecule has 4 rings (SSSR count). The molecule has 0 bridgehead atoms. The third kappa shape index (κ3) is 3.15. The van der Waals surface area contributed by atoms with Crippen LogP contribution in [-0.2, 0) is 0 Å². The molecule has 0 aliphatic carbocycles. The summed E-state index contributed by atoms with van der Waals surface area (Å²) < 4.78 is 44.8. The summed E-state index contributed by atoms with van der Waals surface area (Å²) >= 11 is 0. The minimum atomic E-state index is -1.24. The Hall–Kier alpha value is -2.81. The molecule has 3 N–H and O–H groups in total. The topological polar surface area (TPSA) is 74.7 Å². The van der Waals surface area contributed by atoms with Gasteiger partial charge in [0.15, 0.2) is 0 Å². The highest BCUT2D eigenvalue weighted by Gasteiger charge is 2.29. The fourth-order valence-corrected chi connectivity index (χ4v) is 3.67. The van der Waals surface area contributed by atoms with Crippen LogP contribution in [-0.4, -0.2) is 46.0 Å². The number of rotatable bonds is 4. The number of piperidine rings is 1. The summed E-state index contributed by atoms with van der Waals surface area (Å²) in [6.07, 6.45) is 3.83. The molecule has 3 atom stereocenters. The van der Waals surface area contributed by atoms with E-state index < -0.39 is 35.8 Å². The Morgan fingerprint density at radius 1 is 1.36 bits per heavy atom. The maximum atomic E-state index is 14.6. The lowest BCUT2D eigenvalue weighted by Crippen LogP contribution is -2.50. The first-order valence-electron chi connectivity index (χ1n) is 9.10. The van der Waals surface area contributed by atoms with Crippen LogP contribution in [0.15, 0.2) is 30.7 Å². The van der Waals surface area contributed by atoms with Gasteiger partial charge in [-0.2, -0.15) is 5.10 Å². The molecular formula is C19H20F3N5O. The molecule has 1 aliphatic rings. The van der Waals surface area contributed by atoms with E-state index in [1.165, 1.54) is 10.8 Å². The van der Waals surface area contributed by atoms with Gasteiger partial charge in [0.1, 0.15) is 17.8 Å². The van der Waals surface area contributed by atoms with Gasteiger partial charge >= 0.3 is 0 Å². The molecule has 0 spiro atoms. The molecule has 9 heteroatoms. The Morgan fingerprint density at radius 3 is 2.86 bits per heavy atom. The quantitative estimate of drug-likeness (QED) is 0.640. The standard InChI is InChI=1S/C19H20F3N5O/c1-10(11-6-24-25-7-11)27-9-12(17-13(20)2-3-14(21)18(17)27)19(28)26-16-4-5-23-8-15(16)22/h2-3,6-7,9-10,15-16,23H,4-5,8H2,1H3,(H,24,25)(H,26,28). The number of halogens is 3. The highest BCUT2D eigenvalue weighted by Crippen LogP contribution is 2.31. The molecule has 1 fully saturated rings. The number of aromatic amines is 1. The van der Waals surface area contributed by atoms with E-state index in [9.17, 15) is 18.0 Å². The van der Waals surface area contributed by atoms with Crippen LogP contribution in [0.3, 0.4) is 0 Å². The van der Waals surface area contributed by atoms with Crippen LogP contribution in [0.1, 0.15) is 35.3 Å². The van der Waals surface area contributed by atoms with E-state index >= 15 is 0 Å². The normalized spacial score (nSPS) is 21.0. The van der Waals surface area contributed by atoms with Gasteiger partial charge in [-0.05, 0) is 32.0 Å². The predicted octanol–water partition coefficient (Wildman–Crippen LogP) is 2.68. The minimum absolute atomic E-state index is 0.0130. The fraction of sp³-hybridized carbons (Fsp3) is 0.368. The highest BCUT2D eigenvalue weighted by molar-refractivity contribution is 6.07. The molecule has 3 heterocycles. The molecule has 6 nitrogen and oxygen atoms in total. The zero-order valence-electron chi connectivity index (χ0n) is 15.2. The number of hydrogen-bond donors (Lipinski definition) is 3. The van der Waals surface area contributed by atoms with Crippen molar-refractivity contribution >= 4 is 16.8 Å². The van der Waals surface area contributed by atoms with E-state index in [0.29, 0.717) is 13.0 Å².